The van der Waals surface area contributed by atoms with Crippen LogP contribution in [0.3, 0.4) is 0 Å². The highest BCUT2D eigenvalue weighted by Crippen LogP contribution is 2.20. The highest BCUT2D eigenvalue weighted by atomic mass is 32.1. The molecule has 3 heteroatoms. The molecule has 1 aliphatic rings. The van der Waals surface area contributed by atoms with E-state index in [0.29, 0.717) is 0 Å². The second-order valence-corrected chi connectivity index (χ2v) is 4.63. The van der Waals surface area contributed by atoms with Gasteiger partial charge in [0, 0.05) is 13.1 Å². The summed E-state index contributed by atoms with van der Waals surface area (Å²) in [6.07, 6.45) is 3.59. The van der Waals surface area contributed by atoms with E-state index in [1.54, 1.807) is 0 Å². The predicted octanol–water partition coefficient (Wildman–Crippen LogP) is 1.95. The van der Waals surface area contributed by atoms with Crippen LogP contribution in [0.1, 0.15) is 33.1 Å². The van der Waals surface area contributed by atoms with Crippen LogP contribution in [0, 0.1) is 5.92 Å². The van der Waals surface area contributed by atoms with Crippen LogP contribution in [-0.2, 0) is 4.79 Å². The van der Waals surface area contributed by atoms with Crippen molar-refractivity contribution >= 4 is 18.5 Å². The number of carbonyl (C=O) groups is 1. The number of hydrogen-bond acceptors (Lipinski definition) is 2. The molecular formula is C10H19NOS. The van der Waals surface area contributed by atoms with Gasteiger partial charge in [-0.15, -0.1) is 0 Å². The molecule has 1 saturated heterocycles. The Kier molecular flexibility index (Phi) is 4.10. The van der Waals surface area contributed by atoms with Crippen LogP contribution in [0.25, 0.3) is 0 Å². The van der Waals surface area contributed by atoms with E-state index in [1.165, 1.54) is 19.3 Å². The quantitative estimate of drug-likeness (QED) is 0.677. The van der Waals surface area contributed by atoms with Crippen LogP contribution in [0.15, 0.2) is 0 Å². The molecule has 0 saturated carbocycles. The molecule has 0 spiro atoms. The van der Waals surface area contributed by atoms with Gasteiger partial charge in [-0.1, -0.05) is 13.3 Å². The minimum atomic E-state index is -0.141. The third-order valence-corrected chi connectivity index (χ3v) is 3.08. The van der Waals surface area contributed by atoms with Crippen molar-refractivity contribution in [2.45, 2.75) is 38.4 Å². The van der Waals surface area contributed by atoms with E-state index in [9.17, 15) is 4.79 Å². The molecule has 0 aromatic carbocycles. The van der Waals surface area contributed by atoms with Gasteiger partial charge in [0.1, 0.15) is 0 Å². The van der Waals surface area contributed by atoms with Crippen molar-refractivity contribution in [2.75, 3.05) is 13.1 Å². The summed E-state index contributed by atoms with van der Waals surface area (Å²) < 4.78 is 0. The summed E-state index contributed by atoms with van der Waals surface area (Å²) >= 11 is 4.16. The Morgan fingerprint density at radius 2 is 2.08 bits per heavy atom. The zero-order chi connectivity index (χ0) is 9.84. The van der Waals surface area contributed by atoms with E-state index in [0.717, 1.165) is 19.0 Å². The van der Waals surface area contributed by atoms with E-state index < -0.39 is 0 Å². The first-order valence-electron chi connectivity index (χ1n) is 5.12. The maximum atomic E-state index is 11.5. The molecule has 0 N–H and O–H groups in total. The molecule has 0 radical (unpaired) electrons. The monoisotopic (exact) mass is 201 g/mol. The lowest BCUT2D eigenvalue weighted by atomic mass is 9.94. The topological polar surface area (TPSA) is 20.3 Å². The molecule has 1 heterocycles. The van der Waals surface area contributed by atoms with Crippen molar-refractivity contribution in [3.8, 4) is 0 Å². The summed E-state index contributed by atoms with van der Waals surface area (Å²) in [5.74, 6) is 1.03. The first-order chi connectivity index (χ1) is 6.15. The molecule has 1 atom stereocenters. The van der Waals surface area contributed by atoms with Crippen molar-refractivity contribution in [2.24, 2.45) is 5.92 Å². The standard InChI is InChI=1S/C10H19NOS/c1-3-9-4-6-11(7-5-9)10(12)8(2)13/h8-9,13H,3-7H2,1-2H3. The Labute approximate surface area is 86.1 Å². The number of piperidine rings is 1. The van der Waals surface area contributed by atoms with Crippen LogP contribution >= 0.6 is 12.6 Å². The highest BCUT2D eigenvalue weighted by molar-refractivity contribution is 7.81. The number of carbonyl (C=O) groups excluding carboxylic acids is 1. The Balaban J connectivity index is 2.36. The molecule has 1 fully saturated rings. The Morgan fingerprint density at radius 3 is 2.46 bits per heavy atom. The highest BCUT2D eigenvalue weighted by Gasteiger charge is 2.23. The SMILES string of the molecule is CCC1CCN(C(=O)C(C)S)CC1. The fourth-order valence-corrected chi connectivity index (χ4v) is 1.99. The Morgan fingerprint density at radius 1 is 1.54 bits per heavy atom. The van der Waals surface area contributed by atoms with Crippen LogP contribution in [0.2, 0.25) is 0 Å². The number of hydrogen-bond donors (Lipinski definition) is 1. The smallest absolute Gasteiger partial charge is 0.235 e. The fourth-order valence-electron chi connectivity index (χ4n) is 1.83. The third-order valence-electron chi connectivity index (χ3n) is 2.86. The summed E-state index contributed by atoms with van der Waals surface area (Å²) in [4.78, 5) is 13.5. The molecule has 76 valence electrons. The minimum absolute atomic E-state index is 0.141. The molecule has 0 bridgehead atoms. The van der Waals surface area contributed by atoms with Gasteiger partial charge in [0.05, 0.1) is 5.25 Å². The Bertz CT molecular complexity index is 174. The molecular weight excluding hydrogens is 182 g/mol. The van der Waals surface area contributed by atoms with E-state index in [2.05, 4.69) is 19.6 Å². The van der Waals surface area contributed by atoms with Crippen molar-refractivity contribution < 1.29 is 4.79 Å². The van der Waals surface area contributed by atoms with Crippen LogP contribution in [0.5, 0.6) is 0 Å². The largest absolute Gasteiger partial charge is 0.342 e. The molecule has 1 rings (SSSR count). The van der Waals surface area contributed by atoms with Crippen molar-refractivity contribution in [3.05, 3.63) is 0 Å². The van der Waals surface area contributed by atoms with E-state index in [-0.39, 0.29) is 11.2 Å². The first-order valence-corrected chi connectivity index (χ1v) is 5.63. The molecule has 1 amide bonds. The van der Waals surface area contributed by atoms with Gasteiger partial charge in [-0.3, -0.25) is 4.79 Å². The van der Waals surface area contributed by atoms with E-state index in [1.807, 2.05) is 11.8 Å². The summed E-state index contributed by atoms with van der Waals surface area (Å²) in [6.45, 7) is 5.94. The zero-order valence-electron chi connectivity index (χ0n) is 8.49. The fraction of sp³-hybridized carbons (Fsp3) is 0.900. The maximum Gasteiger partial charge on any atom is 0.235 e. The van der Waals surface area contributed by atoms with Crippen LogP contribution < -0.4 is 0 Å². The van der Waals surface area contributed by atoms with Gasteiger partial charge in [0.15, 0.2) is 0 Å². The third kappa shape index (κ3) is 2.90. The molecule has 0 aliphatic carbocycles. The number of amides is 1. The van der Waals surface area contributed by atoms with Gasteiger partial charge in [-0.25, -0.2) is 0 Å². The molecule has 0 aromatic rings. The number of rotatable bonds is 2. The maximum absolute atomic E-state index is 11.5. The zero-order valence-corrected chi connectivity index (χ0v) is 9.39. The van der Waals surface area contributed by atoms with Gasteiger partial charge in [0.2, 0.25) is 5.91 Å². The predicted molar refractivity (Wildman–Crippen MR) is 58.0 cm³/mol. The second-order valence-electron chi connectivity index (χ2n) is 3.85. The van der Waals surface area contributed by atoms with Gasteiger partial charge < -0.3 is 4.90 Å². The number of nitrogens with zero attached hydrogens (tertiary/aromatic N) is 1. The van der Waals surface area contributed by atoms with Gasteiger partial charge in [-0.2, -0.15) is 12.6 Å². The van der Waals surface area contributed by atoms with Crippen molar-refractivity contribution in [1.82, 2.24) is 4.90 Å². The van der Waals surface area contributed by atoms with Gasteiger partial charge in [-0.05, 0) is 25.7 Å². The van der Waals surface area contributed by atoms with Crippen LogP contribution in [0.4, 0.5) is 0 Å². The van der Waals surface area contributed by atoms with Crippen molar-refractivity contribution in [1.29, 1.82) is 0 Å². The lowest BCUT2D eigenvalue weighted by Gasteiger charge is -2.32. The van der Waals surface area contributed by atoms with Crippen LogP contribution in [-0.4, -0.2) is 29.1 Å². The number of likely N-dealkylation sites (tertiary alicyclic amines) is 1. The summed E-state index contributed by atoms with van der Waals surface area (Å²) in [6, 6.07) is 0. The van der Waals surface area contributed by atoms with Crippen molar-refractivity contribution in [3.63, 3.8) is 0 Å². The average molecular weight is 201 g/mol. The van der Waals surface area contributed by atoms with Gasteiger partial charge in [0.25, 0.3) is 0 Å². The first kappa shape index (κ1) is 10.9. The molecule has 13 heavy (non-hydrogen) atoms. The molecule has 2 nitrogen and oxygen atoms in total. The van der Waals surface area contributed by atoms with Gasteiger partial charge >= 0.3 is 0 Å². The van der Waals surface area contributed by atoms with E-state index in [4.69, 9.17) is 0 Å². The Hall–Kier alpha value is -0.180. The normalized spacial score (nSPS) is 21.6. The summed E-state index contributed by atoms with van der Waals surface area (Å²) in [5.41, 5.74) is 0. The molecule has 1 unspecified atom stereocenters. The summed E-state index contributed by atoms with van der Waals surface area (Å²) in [7, 11) is 0. The van der Waals surface area contributed by atoms with E-state index >= 15 is 0 Å². The molecule has 0 aromatic heterocycles. The summed E-state index contributed by atoms with van der Waals surface area (Å²) in [5, 5.41) is -0.141. The minimum Gasteiger partial charge on any atom is -0.342 e. The average Bonchev–Trinajstić information content (AvgIpc) is 2.17. The number of thiol groups is 1. The second kappa shape index (κ2) is 4.89. The molecule has 1 aliphatic heterocycles. The lowest BCUT2D eigenvalue weighted by molar-refractivity contribution is -0.131. The lowest BCUT2D eigenvalue weighted by Crippen LogP contribution is -2.41.